The lowest BCUT2D eigenvalue weighted by Gasteiger charge is -2.37. The summed E-state index contributed by atoms with van der Waals surface area (Å²) in [5.41, 5.74) is 2.20. The second-order valence-corrected chi connectivity index (χ2v) is 8.42. The van der Waals surface area contributed by atoms with Crippen molar-refractivity contribution in [3.63, 3.8) is 0 Å². The van der Waals surface area contributed by atoms with Gasteiger partial charge >= 0.3 is 0 Å². The summed E-state index contributed by atoms with van der Waals surface area (Å²) in [6.07, 6.45) is 16.8. The lowest BCUT2D eigenvalue weighted by Crippen LogP contribution is -2.25. The lowest BCUT2D eigenvalue weighted by atomic mass is 9.68. The summed E-state index contributed by atoms with van der Waals surface area (Å²) in [5.74, 6) is 3.24. The number of rotatable bonds is 7. The largest absolute Gasteiger partial charge is 0.251 e. The third-order valence-electron chi connectivity index (χ3n) is 6.77. The molecule has 2 fully saturated rings. The Hall–Kier alpha value is -1.18. The Balaban J connectivity index is 1.40. The molecule has 0 nitrogen and oxygen atoms in total. The molecule has 0 unspecified atom stereocenters. The molecule has 2 heteroatoms. The minimum absolute atomic E-state index is 0.195. The van der Waals surface area contributed by atoms with Crippen LogP contribution < -0.4 is 0 Å². The molecular formula is C24H34F2. The van der Waals surface area contributed by atoms with Gasteiger partial charge in [-0.15, -0.1) is 0 Å². The van der Waals surface area contributed by atoms with Gasteiger partial charge in [0.2, 0.25) is 0 Å². The van der Waals surface area contributed by atoms with Gasteiger partial charge < -0.3 is 0 Å². The molecule has 0 amide bonds. The fraction of sp³-hybridized carbons (Fsp3) is 0.667. The van der Waals surface area contributed by atoms with E-state index < -0.39 is 0 Å². The number of hydrogen-bond donors (Lipinski definition) is 0. The molecule has 0 spiro atoms. The Kier molecular flexibility index (Phi) is 7.70. The molecule has 0 aromatic heterocycles. The summed E-state index contributed by atoms with van der Waals surface area (Å²) in [6.45, 7) is -0.555. The molecule has 2 aliphatic carbocycles. The highest BCUT2D eigenvalue weighted by atomic mass is 19.1. The molecule has 144 valence electrons. The smallest absolute Gasteiger partial charge is 0.115 e. The van der Waals surface area contributed by atoms with Gasteiger partial charge in [0.1, 0.15) is 6.67 Å². The topological polar surface area (TPSA) is 0 Å². The van der Waals surface area contributed by atoms with Crippen molar-refractivity contribution >= 4 is 0 Å². The monoisotopic (exact) mass is 360 g/mol. The van der Waals surface area contributed by atoms with Gasteiger partial charge in [-0.25, -0.2) is 4.39 Å². The first-order valence-electron chi connectivity index (χ1n) is 10.7. The summed E-state index contributed by atoms with van der Waals surface area (Å²) in [4.78, 5) is 0. The molecule has 2 aliphatic rings. The van der Waals surface area contributed by atoms with Crippen LogP contribution in [0.1, 0.15) is 81.3 Å². The average molecular weight is 361 g/mol. The summed E-state index contributed by atoms with van der Waals surface area (Å²) in [5, 5.41) is 0. The number of benzene rings is 1. The van der Waals surface area contributed by atoms with Gasteiger partial charge in [-0.3, -0.25) is 4.39 Å². The molecule has 0 saturated heterocycles. The van der Waals surface area contributed by atoms with Crippen LogP contribution in [0.15, 0.2) is 36.4 Å². The normalized spacial score (nSPS) is 29.9. The maximum atomic E-state index is 12.7. The van der Waals surface area contributed by atoms with E-state index in [-0.39, 0.29) is 13.3 Å². The van der Waals surface area contributed by atoms with E-state index in [1.54, 1.807) is 0 Å². The van der Waals surface area contributed by atoms with Crippen molar-refractivity contribution in [2.24, 2.45) is 17.8 Å². The van der Waals surface area contributed by atoms with E-state index in [1.165, 1.54) is 56.9 Å². The average Bonchev–Trinajstić information content (AvgIpc) is 2.72. The molecule has 2 saturated carbocycles. The van der Waals surface area contributed by atoms with Crippen LogP contribution in [0.5, 0.6) is 0 Å². The van der Waals surface area contributed by atoms with Crippen LogP contribution >= 0.6 is 0 Å². The second-order valence-electron chi connectivity index (χ2n) is 8.42. The quantitative estimate of drug-likeness (QED) is 0.348. The van der Waals surface area contributed by atoms with Gasteiger partial charge in [0.05, 0.1) is 6.67 Å². The Morgan fingerprint density at radius 2 is 1.42 bits per heavy atom. The predicted octanol–water partition coefficient (Wildman–Crippen LogP) is 7.54. The SMILES string of the molecule is FCCC/C=C/C1CCC(C2CCC(c3ccc(CF)cc3)CC2)CC1. The highest BCUT2D eigenvalue weighted by Gasteiger charge is 2.30. The van der Waals surface area contributed by atoms with Crippen LogP contribution in [0.3, 0.4) is 0 Å². The van der Waals surface area contributed by atoms with Crippen molar-refractivity contribution in [1.29, 1.82) is 0 Å². The van der Waals surface area contributed by atoms with Crippen molar-refractivity contribution in [2.45, 2.75) is 76.8 Å². The minimum Gasteiger partial charge on any atom is -0.251 e. The Morgan fingerprint density at radius 1 is 0.808 bits per heavy atom. The van der Waals surface area contributed by atoms with Crippen molar-refractivity contribution < 1.29 is 8.78 Å². The molecular weight excluding hydrogens is 326 g/mol. The summed E-state index contributed by atoms with van der Waals surface area (Å²) < 4.78 is 24.8. The number of alkyl halides is 2. The predicted molar refractivity (Wildman–Crippen MR) is 106 cm³/mol. The number of allylic oxidation sites excluding steroid dienone is 2. The van der Waals surface area contributed by atoms with Crippen LogP contribution in [0.2, 0.25) is 0 Å². The third kappa shape index (κ3) is 5.41. The molecule has 1 aromatic carbocycles. The van der Waals surface area contributed by atoms with E-state index in [0.29, 0.717) is 12.3 Å². The zero-order valence-corrected chi connectivity index (χ0v) is 16.0. The number of unbranched alkanes of at least 4 members (excludes halogenated alkanes) is 1. The summed E-state index contributed by atoms with van der Waals surface area (Å²) >= 11 is 0. The Morgan fingerprint density at radius 3 is 2.00 bits per heavy atom. The molecule has 0 aliphatic heterocycles. The maximum absolute atomic E-state index is 12.7. The van der Waals surface area contributed by atoms with Crippen molar-refractivity contribution in [3.8, 4) is 0 Å². The third-order valence-corrected chi connectivity index (χ3v) is 6.77. The molecule has 0 heterocycles. The van der Waals surface area contributed by atoms with Crippen molar-refractivity contribution in [2.75, 3.05) is 6.67 Å². The second kappa shape index (κ2) is 10.2. The van der Waals surface area contributed by atoms with Crippen LogP contribution in [0, 0.1) is 17.8 Å². The fourth-order valence-corrected chi connectivity index (χ4v) is 5.10. The highest BCUT2D eigenvalue weighted by Crippen LogP contribution is 2.44. The molecule has 0 N–H and O–H groups in total. The van der Waals surface area contributed by atoms with Crippen molar-refractivity contribution in [3.05, 3.63) is 47.5 Å². The molecule has 0 radical (unpaired) electrons. The molecule has 26 heavy (non-hydrogen) atoms. The first kappa shape index (κ1) is 19.6. The van der Waals surface area contributed by atoms with E-state index in [2.05, 4.69) is 24.3 Å². The van der Waals surface area contributed by atoms with Gasteiger partial charge in [-0.1, -0.05) is 36.4 Å². The first-order valence-corrected chi connectivity index (χ1v) is 10.7. The van der Waals surface area contributed by atoms with Gasteiger partial charge in [-0.2, -0.15) is 0 Å². The van der Waals surface area contributed by atoms with Gasteiger partial charge in [0.15, 0.2) is 0 Å². The van der Waals surface area contributed by atoms with E-state index in [1.807, 2.05) is 12.1 Å². The van der Waals surface area contributed by atoms with Crippen LogP contribution in [-0.4, -0.2) is 6.67 Å². The van der Waals surface area contributed by atoms with E-state index in [4.69, 9.17) is 0 Å². The van der Waals surface area contributed by atoms with E-state index in [9.17, 15) is 8.78 Å². The number of halogens is 2. The Labute approximate surface area is 158 Å². The summed E-state index contributed by atoms with van der Waals surface area (Å²) in [7, 11) is 0. The summed E-state index contributed by atoms with van der Waals surface area (Å²) in [6, 6.07) is 8.17. The first-order chi connectivity index (χ1) is 12.8. The molecule has 0 atom stereocenters. The standard InChI is InChI=1S/C24H34F2/c25-17-3-1-2-4-19-5-9-21(10-6-19)23-13-15-24(16-14-23)22-11-7-20(18-26)8-12-22/h2,4,7-8,11-12,19,21,23-24H,1,3,5-6,9-10,13-18H2/b4-2+. The van der Waals surface area contributed by atoms with Crippen LogP contribution in [0.4, 0.5) is 8.78 Å². The van der Waals surface area contributed by atoms with Crippen LogP contribution in [0.25, 0.3) is 0 Å². The molecule has 0 bridgehead atoms. The van der Waals surface area contributed by atoms with Crippen molar-refractivity contribution in [1.82, 2.24) is 0 Å². The Bertz CT molecular complexity index is 532. The van der Waals surface area contributed by atoms with Gasteiger partial charge in [0, 0.05) is 0 Å². The maximum Gasteiger partial charge on any atom is 0.115 e. The zero-order chi connectivity index (χ0) is 18.2. The number of hydrogen-bond acceptors (Lipinski definition) is 0. The molecule has 3 rings (SSSR count). The van der Waals surface area contributed by atoms with Crippen LogP contribution in [-0.2, 0) is 6.67 Å². The highest BCUT2D eigenvalue weighted by molar-refractivity contribution is 5.25. The van der Waals surface area contributed by atoms with Gasteiger partial charge in [0.25, 0.3) is 0 Å². The minimum atomic E-state index is -0.360. The lowest BCUT2D eigenvalue weighted by molar-refractivity contribution is 0.171. The fourth-order valence-electron chi connectivity index (χ4n) is 5.10. The van der Waals surface area contributed by atoms with E-state index in [0.717, 1.165) is 29.7 Å². The van der Waals surface area contributed by atoms with E-state index >= 15 is 0 Å². The molecule has 1 aromatic rings. The van der Waals surface area contributed by atoms with Gasteiger partial charge in [-0.05, 0) is 99.0 Å². The zero-order valence-electron chi connectivity index (χ0n) is 16.0.